The van der Waals surface area contributed by atoms with Crippen LogP contribution in [0.25, 0.3) is 21.2 Å². The number of hydrogen-bond acceptors (Lipinski definition) is 4. The zero-order chi connectivity index (χ0) is 24.6. The van der Waals surface area contributed by atoms with E-state index in [0.29, 0.717) is 25.2 Å². The minimum absolute atomic E-state index is 0.0293. The number of benzene rings is 2. The van der Waals surface area contributed by atoms with Gasteiger partial charge in [-0.1, -0.05) is 42.5 Å². The molecule has 2 heterocycles. The molecule has 180 valence electrons. The van der Waals surface area contributed by atoms with Crippen molar-refractivity contribution in [1.82, 2.24) is 20.2 Å². The summed E-state index contributed by atoms with van der Waals surface area (Å²) in [6.07, 6.45) is 5.36. The molecule has 1 saturated heterocycles. The van der Waals surface area contributed by atoms with Gasteiger partial charge in [0.15, 0.2) is 0 Å². The summed E-state index contributed by atoms with van der Waals surface area (Å²) in [5, 5.41) is 7.98. The van der Waals surface area contributed by atoms with Crippen molar-refractivity contribution in [3.8, 4) is 0 Å². The molecule has 3 amide bonds. The molecule has 10 nitrogen and oxygen atoms in total. The van der Waals surface area contributed by atoms with E-state index in [0.717, 1.165) is 29.2 Å². The van der Waals surface area contributed by atoms with Crippen LogP contribution in [0.5, 0.6) is 0 Å². The number of nitrogens with zero attached hydrogens (tertiary/aromatic N) is 5. The Morgan fingerprint density at radius 1 is 1.11 bits per heavy atom. The number of likely N-dealkylation sites (tertiary alicyclic amines) is 1. The molecule has 0 bridgehead atoms. The summed E-state index contributed by atoms with van der Waals surface area (Å²) in [4.78, 5) is 50.1. The first-order valence-electron chi connectivity index (χ1n) is 11.7. The molecule has 4 rings (SSSR count). The Morgan fingerprint density at radius 2 is 1.89 bits per heavy atom. The van der Waals surface area contributed by atoms with Crippen LogP contribution in [0.4, 0.5) is 0 Å². The molecule has 0 saturated carbocycles. The maximum absolute atomic E-state index is 13.5. The molecule has 1 unspecified atom stereocenters. The van der Waals surface area contributed by atoms with Crippen LogP contribution in [0.15, 0.2) is 60.1 Å². The van der Waals surface area contributed by atoms with Gasteiger partial charge in [0.2, 0.25) is 17.7 Å². The molecule has 3 aromatic rings. The van der Waals surface area contributed by atoms with Crippen molar-refractivity contribution in [2.24, 2.45) is 11.0 Å². The number of aromatic amines is 1. The van der Waals surface area contributed by atoms with E-state index in [1.165, 1.54) is 12.5 Å². The van der Waals surface area contributed by atoms with Crippen LogP contribution in [0.1, 0.15) is 30.5 Å². The standard InChI is InChI=1S/C25H27N7O3/c26-31-30-25(35)22(14-20-15-27-16-28-20)29-24(34)19(13-23(33)32-10-3-4-11-32)12-18-8-5-7-17-6-1-2-9-21(17)18/h1-2,5-9,15-16,19,22H,3-4,10-14H2,(H,27,28)(H,29,34)/t19?,22-/m0/s1. The molecule has 35 heavy (non-hydrogen) atoms. The Morgan fingerprint density at radius 3 is 2.63 bits per heavy atom. The number of aromatic nitrogens is 2. The van der Waals surface area contributed by atoms with Crippen molar-refractivity contribution in [2.75, 3.05) is 13.1 Å². The van der Waals surface area contributed by atoms with E-state index in [9.17, 15) is 14.4 Å². The topological polar surface area (TPSA) is 144 Å². The maximum atomic E-state index is 13.5. The Balaban J connectivity index is 1.59. The molecule has 10 heteroatoms. The predicted octanol–water partition coefficient (Wildman–Crippen LogP) is 3.30. The zero-order valence-electron chi connectivity index (χ0n) is 19.3. The van der Waals surface area contributed by atoms with E-state index in [4.69, 9.17) is 5.53 Å². The molecule has 2 atom stereocenters. The number of amides is 3. The number of carbonyl (C=O) groups is 3. The van der Waals surface area contributed by atoms with E-state index in [1.807, 2.05) is 42.5 Å². The Labute approximate surface area is 202 Å². The summed E-state index contributed by atoms with van der Waals surface area (Å²) in [6, 6.07) is 12.7. The molecule has 1 aliphatic heterocycles. The van der Waals surface area contributed by atoms with Crippen molar-refractivity contribution in [3.05, 3.63) is 76.7 Å². The molecule has 0 radical (unpaired) electrons. The van der Waals surface area contributed by atoms with E-state index < -0.39 is 23.8 Å². The highest BCUT2D eigenvalue weighted by atomic mass is 16.2. The van der Waals surface area contributed by atoms with Crippen LogP contribution in [-0.2, 0) is 27.2 Å². The quantitative estimate of drug-likeness (QED) is 0.279. The number of hydrogen-bond donors (Lipinski definition) is 2. The number of carbonyl (C=O) groups excluding carboxylic acids is 3. The second-order valence-corrected chi connectivity index (χ2v) is 8.70. The van der Waals surface area contributed by atoms with Gasteiger partial charge in [-0.25, -0.2) is 4.98 Å². The minimum atomic E-state index is -1.07. The third-order valence-electron chi connectivity index (χ3n) is 6.33. The summed E-state index contributed by atoms with van der Waals surface area (Å²) in [7, 11) is 0. The van der Waals surface area contributed by atoms with Crippen LogP contribution < -0.4 is 5.32 Å². The third kappa shape index (κ3) is 6.04. The second-order valence-electron chi connectivity index (χ2n) is 8.70. The van der Waals surface area contributed by atoms with Gasteiger partial charge in [0.25, 0.3) is 0 Å². The van der Waals surface area contributed by atoms with Gasteiger partial charge in [-0.2, -0.15) is 0 Å². The number of azide groups is 1. The lowest BCUT2D eigenvalue weighted by atomic mass is 9.91. The van der Waals surface area contributed by atoms with Crippen LogP contribution in [-0.4, -0.2) is 51.7 Å². The second kappa shape index (κ2) is 11.3. The monoisotopic (exact) mass is 473 g/mol. The van der Waals surface area contributed by atoms with Gasteiger partial charge in [0, 0.05) is 42.7 Å². The Bertz CT molecular complexity index is 1240. The van der Waals surface area contributed by atoms with Gasteiger partial charge in [-0.3, -0.25) is 14.4 Å². The molecular formula is C25H27N7O3. The normalized spacial score (nSPS) is 14.8. The van der Waals surface area contributed by atoms with Crippen molar-refractivity contribution in [3.63, 3.8) is 0 Å². The van der Waals surface area contributed by atoms with Crippen LogP contribution >= 0.6 is 0 Å². The van der Waals surface area contributed by atoms with Gasteiger partial charge in [0.05, 0.1) is 18.3 Å². The Hall–Kier alpha value is -4.17. The summed E-state index contributed by atoms with van der Waals surface area (Å²) in [5.41, 5.74) is 10.3. The SMILES string of the molecule is [N-]=[N+]=NC(=O)[C@H](Cc1cnc[nH]1)NC(=O)C(CC(=O)N1CCCC1)Cc1cccc2ccccc12. The Kier molecular flexibility index (Phi) is 7.74. The van der Waals surface area contributed by atoms with E-state index in [2.05, 4.69) is 25.3 Å². The third-order valence-corrected chi connectivity index (χ3v) is 6.33. The summed E-state index contributed by atoms with van der Waals surface area (Å²) < 4.78 is 0. The fraction of sp³-hybridized carbons (Fsp3) is 0.360. The van der Waals surface area contributed by atoms with Crippen molar-refractivity contribution in [1.29, 1.82) is 0 Å². The fourth-order valence-electron chi connectivity index (χ4n) is 4.52. The molecule has 0 aliphatic carbocycles. The zero-order valence-corrected chi connectivity index (χ0v) is 19.3. The van der Waals surface area contributed by atoms with Crippen LogP contribution in [0.3, 0.4) is 0 Å². The average molecular weight is 474 g/mol. The van der Waals surface area contributed by atoms with Crippen LogP contribution in [0, 0.1) is 5.92 Å². The van der Waals surface area contributed by atoms with Gasteiger partial charge in [0.1, 0.15) is 0 Å². The lowest BCUT2D eigenvalue weighted by Crippen LogP contribution is -2.46. The number of rotatable bonds is 9. The first-order valence-corrected chi connectivity index (χ1v) is 11.7. The predicted molar refractivity (Wildman–Crippen MR) is 130 cm³/mol. The highest BCUT2D eigenvalue weighted by Crippen LogP contribution is 2.24. The van der Waals surface area contributed by atoms with Crippen molar-refractivity contribution in [2.45, 2.75) is 38.1 Å². The summed E-state index contributed by atoms with van der Waals surface area (Å²) in [5.74, 6) is -2.01. The molecule has 2 aromatic carbocycles. The minimum Gasteiger partial charge on any atom is -0.348 e. The van der Waals surface area contributed by atoms with Gasteiger partial charge in [-0.15, -0.1) is 0 Å². The molecule has 0 spiro atoms. The average Bonchev–Trinajstić information content (AvgIpc) is 3.58. The largest absolute Gasteiger partial charge is 0.348 e. The number of nitrogens with one attached hydrogen (secondary N) is 2. The van der Waals surface area contributed by atoms with E-state index >= 15 is 0 Å². The highest BCUT2D eigenvalue weighted by molar-refractivity contribution is 5.92. The highest BCUT2D eigenvalue weighted by Gasteiger charge is 2.30. The lowest BCUT2D eigenvalue weighted by Gasteiger charge is -2.23. The first-order chi connectivity index (χ1) is 17.0. The van der Waals surface area contributed by atoms with E-state index in [-0.39, 0.29) is 18.7 Å². The maximum Gasteiger partial charge on any atom is 0.241 e. The number of imidazole rings is 1. The molecular weight excluding hydrogens is 446 g/mol. The summed E-state index contributed by atoms with van der Waals surface area (Å²) >= 11 is 0. The molecule has 1 fully saturated rings. The lowest BCUT2D eigenvalue weighted by molar-refractivity contribution is -0.136. The van der Waals surface area contributed by atoms with Crippen LogP contribution in [0.2, 0.25) is 0 Å². The number of H-pyrrole nitrogens is 1. The first kappa shape index (κ1) is 24.0. The summed E-state index contributed by atoms with van der Waals surface area (Å²) in [6.45, 7) is 1.39. The smallest absolute Gasteiger partial charge is 0.241 e. The van der Waals surface area contributed by atoms with Gasteiger partial charge >= 0.3 is 0 Å². The van der Waals surface area contributed by atoms with E-state index in [1.54, 1.807) is 4.90 Å². The van der Waals surface area contributed by atoms with Gasteiger partial charge < -0.3 is 15.2 Å². The number of fused-ring (bicyclic) bond motifs is 1. The molecule has 1 aliphatic rings. The van der Waals surface area contributed by atoms with Gasteiger partial charge in [-0.05, 0) is 46.2 Å². The van der Waals surface area contributed by atoms with Crippen molar-refractivity contribution < 1.29 is 14.4 Å². The molecule has 1 aromatic heterocycles. The van der Waals surface area contributed by atoms with Crippen molar-refractivity contribution >= 4 is 28.5 Å². The fourth-order valence-corrected chi connectivity index (χ4v) is 4.52. The molecule has 2 N–H and O–H groups in total.